The standard InChI is InChI=1S/C12H22N2O2/c1-11(2,3)15-10-7-13-9-14(8-10)16-12(4,5)6/h7-8H,9H2,1-6H3. The molecule has 0 bridgehead atoms. The molecule has 1 aliphatic rings. The van der Waals surface area contributed by atoms with Gasteiger partial charge in [0.05, 0.1) is 18.0 Å². The van der Waals surface area contributed by atoms with Gasteiger partial charge in [-0.2, -0.15) is 0 Å². The highest BCUT2D eigenvalue weighted by Gasteiger charge is 2.19. The Bertz CT molecular complexity index is 295. The van der Waals surface area contributed by atoms with Crippen molar-refractivity contribution < 1.29 is 9.57 Å². The molecule has 0 spiro atoms. The van der Waals surface area contributed by atoms with Gasteiger partial charge in [-0.1, -0.05) is 0 Å². The average Bonchev–Trinajstić information content (AvgIpc) is 1.96. The second-order valence-electron chi connectivity index (χ2n) is 5.82. The Kier molecular flexibility index (Phi) is 3.63. The van der Waals surface area contributed by atoms with Crippen molar-refractivity contribution >= 4 is 6.21 Å². The molecule has 1 heterocycles. The highest BCUT2D eigenvalue weighted by Crippen LogP contribution is 2.17. The van der Waals surface area contributed by atoms with Gasteiger partial charge < -0.3 is 4.74 Å². The lowest BCUT2D eigenvalue weighted by Gasteiger charge is -2.30. The molecule has 1 rings (SSSR count). The van der Waals surface area contributed by atoms with Crippen molar-refractivity contribution in [2.75, 3.05) is 6.67 Å². The van der Waals surface area contributed by atoms with E-state index in [2.05, 4.69) is 4.99 Å². The quantitative estimate of drug-likeness (QED) is 0.726. The van der Waals surface area contributed by atoms with Gasteiger partial charge in [0, 0.05) is 0 Å². The number of rotatable bonds is 2. The van der Waals surface area contributed by atoms with Gasteiger partial charge in [-0.25, -0.2) is 5.06 Å². The van der Waals surface area contributed by atoms with Crippen molar-refractivity contribution in [3.8, 4) is 0 Å². The first kappa shape index (κ1) is 13.0. The molecule has 0 atom stereocenters. The Labute approximate surface area is 97.9 Å². The summed E-state index contributed by atoms with van der Waals surface area (Å²) in [6.45, 7) is 12.5. The Morgan fingerprint density at radius 1 is 1.12 bits per heavy atom. The molecular formula is C12H22N2O2. The van der Waals surface area contributed by atoms with E-state index in [1.54, 1.807) is 11.3 Å². The largest absolute Gasteiger partial charge is 0.485 e. The van der Waals surface area contributed by atoms with Crippen LogP contribution in [0.1, 0.15) is 41.5 Å². The zero-order valence-electron chi connectivity index (χ0n) is 11.1. The first-order valence-electron chi connectivity index (χ1n) is 5.52. The van der Waals surface area contributed by atoms with E-state index in [0.29, 0.717) is 6.67 Å². The van der Waals surface area contributed by atoms with Crippen molar-refractivity contribution in [3.05, 3.63) is 12.0 Å². The van der Waals surface area contributed by atoms with Crippen LogP contribution in [0.3, 0.4) is 0 Å². The molecule has 0 aliphatic carbocycles. The number of hydroxylamine groups is 2. The third kappa shape index (κ3) is 5.16. The highest BCUT2D eigenvalue weighted by atomic mass is 16.7. The zero-order valence-corrected chi connectivity index (χ0v) is 11.1. The van der Waals surface area contributed by atoms with E-state index in [9.17, 15) is 0 Å². The van der Waals surface area contributed by atoms with Crippen molar-refractivity contribution in [1.29, 1.82) is 0 Å². The molecule has 0 aromatic heterocycles. The van der Waals surface area contributed by atoms with Crippen LogP contribution in [0.5, 0.6) is 0 Å². The van der Waals surface area contributed by atoms with E-state index in [1.165, 1.54) is 0 Å². The Hall–Kier alpha value is -1.03. The van der Waals surface area contributed by atoms with Gasteiger partial charge in [-0.3, -0.25) is 9.83 Å². The minimum absolute atomic E-state index is 0.220. The molecule has 0 aromatic rings. The van der Waals surface area contributed by atoms with Crippen LogP contribution >= 0.6 is 0 Å². The maximum atomic E-state index is 5.71. The Morgan fingerprint density at radius 2 is 1.75 bits per heavy atom. The van der Waals surface area contributed by atoms with E-state index in [4.69, 9.17) is 9.57 Å². The van der Waals surface area contributed by atoms with Gasteiger partial charge in [-0.05, 0) is 41.5 Å². The summed E-state index contributed by atoms with van der Waals surface area (Å²) in [5.74, 6) is 0.725. The lowest BCUT2D eigenvalue weighted by atomic mass is 10.2. The smallest absolute Gasteiger partial charge is 0.156 e. The normalized spacial score (nSPS) is 17.4. The van der Waals surface area contributed by atoms with Crippen LogP contribution in [-0.2, 0) is 9.57 Å². The molecule has 0 unspecified atom stereocenters. The number of hydrogen-bond acceptors (Lipinski definition) is 4. The van der Waals surface area contributed by atoms with Crippen molar-refractivity contribution in [2.24, 2.45) is 4.99 Å². The summed E-state index contributed by atoms with van der Waals surface area (Å²) in [6, 6.07) is 0. The van der Waals surface area contributed by atoms with Crippen LogP contribution in [0.15, 0.2) is 17.0 Å². The molecule has 0 N–H and O–H groups in total. The topological polar surface area (TPSA) is 34.1 Å². The molecular weight excluding hydrogens is 204 g/mol. The van der Waals surface area contributed by atoms with E-state index < -0.39 is 0 Å². The van der Waals surface area contributed by atoms with Crippen LogP contribution in [0, 0.1) is 0 Å². The van der Waals surface area contributed by atoms with Crippen molar-refractivity contribution in [2.45, 2.75) is 52.7 Å². The van der Waals surface area contributed by atoms with Gasteiger partial charge in [0.1, 0.15) is 12.3 Å². The van der Waals surface area contributed by atoms with Crippen LogP contribution < -0.4 is 0 Å². The summed E-state index contributed by atoms with van der Waals surface area (Å²) in [6.07, 6.45) is 3.57. The first-order chi connectivity index (χ1) is 7.16. The van der Waals surface area contributed by atoms with Gasteiger partial charge >= 0.3 is 0 Å². The number of hydrogen-bond donors (Lipinski definition) is 0. The minimum atomic E-state index is -0.226. The average molecular weight is 226 g/mol. The molecule has 4 nitrogen and oxygen atoms in total. The summed E-state index contributed by atoms with van der Waals surface area (Å²) in [7, 11) is 0. The fourth-order valence-electron chi connectivity index (χ4n) is 1.24. The lowest BCUT2D eigenvalue weighted by molar-refractivity contribution is -0.199. The molecule has 0 radical (unpaired) electrons. The first-order valence-corrected chi connectivity index (χ1v) is 5.52. The fraction of sp³-hybridized carbons (Fsp3) is 0.750. The molecule has 4 heteroatoms. The molecule has 0 aromatic carbocycles. The summed E-state index contributed by atoms with van der Waals surface area (Å²) in [4.78, 5) is 9.88. The Morgan fingerprint density at radius 3 is 2.25 bits per heavy atom. The number of aliphatic imine (C=N–C) groups is 1. The lowest BCUT2D eigenvalue weighted by Crippen LogP contribution is -2.33. The summed E-state index contributed by atoms with van der Waals surface area (Å²) < 4.78 is 5.71. The van der Waals surface area contributed by atoms with E-state index in [-0.39, 0.29) is 11.2 Å². The number of ether oxygens (including phenoxy) is 1. The monoisotopic (exact) mass is 226 g/mol. The Balaban J connectivity index is 2.62. The number of nitrogens with zero attached hydrogens (tertiary/aromatic N) is 2. The maximum absolute atomic E-state index is 5.71. The van der Waals surface area contributed by atoms with Crippen LogP contribution in [0.25, 0.3) is 0 Å². The molecule has 0 saturated heterocycles. The maximum Gasteiger partial charge on any atom is 0.156 e. The van der Waals surface area contributed by atoms with E-state index in [1.807, 2.05) is 47.7 Å². The van der Waals surface area contributed by atoms with Crippen molar-refractivity contribution in [1.82, 2.24) is 5.06 Å². The third-order valence-electron chi connectivity index (χ3n) is 1.53. The second kappa shape index (κ2) is 4.45. The summed E-state index contributed by atoms with van der Waals surface area (Å²) in [5, 5.41) is 1.70. The van der Waals surface area contributed by atoms with Gasteiger partial charge in [0.15, 0.2) is 5.76 Å². The van der Waals surface area contributed by atoms with Gasteiger partial charge in [0.25, 0.3) is 0 Å². The molecule has 0 saturated carbocycles. The molecule has 16 heavy (non-hydrogen) atoms. The van der Waals surface area contributed by atoms with Crippen molar-refractivity contribution in [3.63, 3.8) is 0 Å². The molecule has 1 aliphatic heterocycles. The van der Waals surface area contributed by atoms with Crippen LogP contribution in [0.4, 0.5) is 0 Å². The van der Waals surface area contributed by atoms with Gasteiger partial charge in [-0.15, -0.1) is 0 Å². The summed E-state index contributed by atoms with van der Waals surface area (Å²) in [5.41, 5.74) is -0.446. The predicted molar refractivity (Wildman–Crippen MR) is 65.0 cm³/mol. The fourth-order valence-corrected chi connectivity index (χ4v) is 1.24. The molecule has 0 amide bonds. The van der Waals surface area contributed by atoms with E-state index in [0.717, 1.165) is 5.76 Å². The summed E-state index contributed by atoms with van der Waals surface area (Å²) >= 11 is 0. The second-order valence-corrected chi connectivity index (χ2v) is 5.82. The van der Waals surface area contributed by atoms with Crippen LogP contribution in [-0.4, -0.2) is 29.1 Å². The van der Waals surface area contributed by atoms with Crippen LogP contribution in [0.2, 0.25) is 0 Å². The highest BCUT2D eigenvalue weighted by molar-refractivity contribution is 5.76. The van der Waals surface area contributed by atoms with E-state index >= 15 is 0 Å². The zero-order chi connectivity index (χ0) is 12.4. The van der Waals surface area contributed by atoms with Gasteiger partial charge in [0.2, 0.25) is 0 Å². The SMILES string of the molecule is CC(C)(C)OC1=CN(OC(C)(C)C)CN=C1. The predicted octanol–water partition coefficient (Wildman–Crippen LogP) is 2.72. The minimum Gasteiger partial charge on any atom is -0.485 e. The number of allylic oxidation sites excluding steroid dienone is 1. The molecule has 0 fully saturated rings. The third-order valence-corrected chi connectivity index (χ3v) is 1.53. The molecule has 92 valence electrons.